The lowest BCUT2D eigenvalue weighted by Gasteiger charge is -2.47. The summed E-state index contributed by atoms with van der Waals surface area (Å²) in [6.45, 7) is 21.0. The number of nitrogens with one attached hydrogen (secondary N) is 1. The fourth-order valence-corrected chi connectivity index (χ4v) is 11.9. The van der Waals surface area contributed by atoms with Gasteiger partial charge in [-0.25, -0.2) is 9.46 Å². The van der Waals surface area contributed by atoms with E-state index in [4.69, 9.17) is 32.4 Å². The monoisotopic (exact) mass is 977 g/mol. The number of benzene rings is 4. The SMILES string of the molecule is COc1ccc(C(OC[C@H]2O[C@@H](n3ccc(NC(=O)c4ccccc4)nc3=O)[C@](C)(O[Si](C)(C)C(C)(C)C)[C@@H]2OP(OCCC#N)N(C(C)C)C(C)C)(c2ccccc2)c2ccc(OC)cc2)cc1. The van der Waals surface area contributed by atoms with Gasteiger partial charge in [0.25, 0.3) is 14.4 Å². The Morgan fingerprint density at radius 1 is 0.870 bits per heavy atom. The number of carbonyl (C=O) groups excluding carboxylic acids is 1. The van der Waals surface area contributed by atoms with Gasteiger partial charge in [-0.05, 0) is 112 Å². The topological polar surface area (TPSA) is 156 Å². The quantitative estimate of drug-likeness (QED) is 0.0322. The van der Waals surface area contributed by atoms with Gasteiger partial charge in [-0.1, -0.05) is 93.6 Å². The molecule has 1 aliphatic heterocycles. The molecular weight excluding hydrogens is 910 g/mol. The van der Waals surface area contributed by atoms with E-state index in [9.17, 15) is 14.9 Å². The zero-order valence-corrected chi connectivity index (χ0v) is 43.9. The summed E-state index contributed by atoms with van der Waals surface area (Å²) in [5.41, 5.74) is -0.427. The smallest absolute Gasteiger partial charge is 0.351 e. The molecule has 1 aromatic heterocycles. The van der Waals surface area contributed by atoms with E-state index in [1.807, 2.05) is 91.9 Å². The molecule has 1 aliphatic rings. The number of ether oxygens (including phenoxy) is 4. The van der Waals surface area contributed by atoms with E-state index >= 15 is 0 Å². The predicted octanol–water partition coefficient (Wildman–Crippen LogP) is 10.9. The van der Waals surface area contributed by atoms with Gasteiger partial charge in [-0.15, -0.1) is 0 Å². The van der Waals surface area contributed by atoms with Crippen LogP contribution in [-0.4, -0.2) is 85.8 Å². The highest BCUT2D eigenvalue weighted by Gasteiger charge is 2.61. The number of nitriles is 1. The third-order valence-electron chi connectivity index (χ3n) is 12.8. The molecule has 5 aromatic rings. The van der Waals surface area contributed by atoms with Gasteiger partial charge in [0.15, 0.2) is 14.5 Å². The summed E-state index contributed by atoms with van der Waals surface area (Å²) < 4.78 is 51.1. The van der Waals surface area contributed by atoms with Crippen LogP contribution in [0.5, 0.6) is 11.5 Å². The molecule has 5 atom stereocenters. The van der Waals surface area contributed by atoms with Gasteiger partial charge >= 0.3 is 5.69 Å². The Balaban J connectivity index is 1.56. The average molecular weight is 978 g/mol. The normalized spacial score (nSPS) is 19.1. The molecule has 0 radical (unpaired) electrons. The number of nitrogens with zero attached hydrogens (tertiary/aromatic N) is 4. The summed E-state index contributed by atoms with van der Waals surface area (Å²) in [7, 11) is -1.41. The van der Waals surface area contributed by atoms with Crippen molar-refractivity contribution in [1.29, 1.82) is 5.26 Å². The maximum absolute atomic E-state index is 14.5. The van der Waals surface area contributed by atoms with Gasteiger partial charge < -0.3 is 37.7 Å². The van der Waals surface area contributed by atoms with Crippen LogP contribution in [0.4, 0.5) is 5.82 Å². The van der Waals surface area contributed by atoms with Crippen LogP contribution in [0, 0.1) is 11.3 Å². The minimum Gasteiger partial charge on any atom is -0.497 e. The second-order valence-corrected chi connectivity index (χ2v) is 25.4. The van der Waals surface area contributed by atoms with Crippen molar-refractivity contribution in [2.24, 2.45) is 0 Å². The van der Waals surface area contributed by atoms with Gasteiger partial charge in [0.1, 0.15) is 40.7 Å². The average Bonchev–Trinajstić information content (AvgIpc) is 3.58. The van der Waals surface area contributed by atoms with E-state index in [0.717, 1.165) is 16.7 Å². The zero-order valence-electron chi connectivity index (χ0n) is 42.0. The summed E-state index contributed by atoms with van der Waals surface area (Å²) in [5.74, 6) is 1.03. The van der Waals surface area contributed by atoms with Crippen LogP contribution in [0.15, 0.2) is 126 Å². The zero-order chi connectivity index (χ0) is 50.1. The molecule has 0 aliphatic carbocycles. The first kappa shape index (κ1) is 53.1. The van der Waals surface area contributed by atoms with Crippen molar-refractivity contribution < 1.29 is 37.2 Å². The Hall–Kier alpha value is -5.27. The predicted molar refractivity (Wildman–Crippen MR) is 272 cm³/mol. The van der Waals surface area contributed by atoms with Crippen molar-refractivity contribution in [3.8, 4) is 17.6 Å². The van der Waals surface area contributed by atoms with Crippen LogP contribution in [0.3, 0.4) is 0 Å². The van der Waals surface area contributed by atoms with E-state index in [0.29, 0.717) is 17.1 Å². The molecule has 1 saturated heterocycles. The van der Waals surface area contributed by atoms with Gasteiger partial charge in [-0.2, -0.15) is 10.2 Å². The Kier molecular flexibility index (Phi) is 17.4. The van der Waals surface area contributed by atoms with Gasteiger partial charge in [-0.3, -0.25) is 9.36 Å². The molecule has 0 bridgehead atoms. The first-order valence-corrected chi connectivity index (χ1v) is 27.4. The number of aromatic nitrogens is 2. The molecule has 1 unspecified atom stereocenters. The van der Waals surface area contributed by atoms with Crippen LogP contribution in [-0.2, 0) is 28.5 Å². The molecule has 368 valence electrons. The van der Waals surface area contributed by atoms with Crippen LogP contribution in [0.2, 0.25) is 18.1 Å². The second-order valence-electron chi connectivity index (χ2n) is 19.3. The van der Waals surface area contributed by atoms with Crippen LogP contribution >= 0.6 is 8.53 Å². The molecule has 14 nitrogen and oxygen atoms in total. The van der Waals surface area contributed by atoms with Gasteiger partial charge in [0.05, 0.1) is 39.9 Å². The Bertz CT molecular complexity index is 2500. The highest BCUT2D eigenvalue weighted by molar-refractivity contribution is 7.44. The lowest BCUT2D eigenvalue weighted by Crippen LogP contribution is -2.57. The first-order valence-electron chi connectivity index (χ1n) is 23.3. The number of hydrogen-bond donors (Lipinski definition) is 1. The molecular formula is C53H68N5O9PSi. The fraction of sp³-hybridized carbons (Fsp3) is 0.434. The minimum atomic E-state index is -2.77. The van der Waals surface area contributed by atoms with Crippen LogP contribution < -0.4 is 20.5 Å². The molecule has 6 rings (SSSR count). The van der Waals surface area contributed by atoms with Crippen molar-refractivity contribution in [2.75, 3.05) is 32.8 Å². The van der Waals surface area contributed by atoms with E-state index in [1.165, 1.54) is 4.57 Å². The number of amides is 1. The van der Waals surface area contributed by atoms with Crippen molar-refractivity contribution >= 4 is 28.6 Å². The van der Waals surface area contributed by atoms with Crippen LogP contribution in [0.1, 0.15) is 95.1 Å². The lowest BCUT2D eigenvalue weighted by molar-refractivity contribution is -0.103. The molecule has 1 N–H and O–H groups in total. The van der Waals surface area contributed by atoms with Crippen molar-refractivity contribution in [3.63, 3.8) is 0 Å². The molecule has 0 spiro atoms. The van der Waals surface area contributed by atoms with E-state index in [-0.39, 0.29) is 42.6 Å². The molecule has 2 heterocycles. The molecule has 16 heteroatoms. The maximum Gasteiger partial charge on any atom is 0.351 e. The Labute approximate surface area is 409 Å². The first-order chi connectivity index (χ1) is 32.8. The van der Waals surface area contributed by atoms with Crippen molar-refractivity contribution in [3.05, 3.63) is 154 Å². The van der Waals surface area contributed by atoms with E-state index in [1.54, 1.807) is 50.7 Å². The van der Waals surface area contributed by atoms with E-state index in [2.05, 4.69) is 82.6 Å². The number of methoxy groups -OCH3 is 2. The largest absolute Gasteiger partial charge is 0.497 e. The number of carbonyl (C=O) groups is 1. The van der Waals surface area contributed by atoms with E-state index < -0.39 is 58.1 Å². The maximum atomic E-state index is 14.5. The fourth-order valence-electron chi connectivity index (χ4n) is 8.45. The number of anilines is 1. The molecule has 1 fully saturated rings. The second kappa shape index (κ2) is 22.6. The summed E-state index contributed by atoms with van der Waals surface area (Å²) in [4.78, 5) is 32.1. The molecule has 69 heavy (non-hydrogen) atoms. The summed E-state index contributed by atoms with van der Waals surface area (Å²) >= 11 is 0. The highest BCUT2D eigenvalue weighted by atomic mass is 31.2. The number of hydrogen-bond acceptors (Lipinski definition) is 12. The van der Waals surface area contributed by atoms with Gasteiger partial charge in [0, 0.05) is 23.8 Å². The standard InChI is InChI=1S/C53H68N5O9PSi/c1-37(2)58(38(3)4)68(64-35-19-33-54)66-47-45(36-63-53(40-22-17-14-18-23-40,41-24-28-43(61-9)29-25-41)42-26-30-44(62-10)31-27-42)65-49(52(47,8)67-69(11,12)51(5,6)7)57-34-32-46(56-50(57)60)55-48(59)39-20-15-13-16-21-39/h13-18,20-32,34,37-38,45,47,49H,19,35-36H2,1-12H3,(H,55,56,59,60)/t45-,47-,49-,52-,68?/m1/s1. The Morgan fingerprint density at radius 2 is 1.41 bits per heavy atom. The highest BCUT2D eigenvalue weighted by Crippen LogP contribution is 2.56. The van der Waals surface area contributed by atoms with Crippen molar-refractivity contribution in [2.45, 2.75) is 122 Å². The van der Waals surface area contributed by atoms with Gasteiger partial charge in [0.2, 0.25) is 0 Å². The summed E-state index contributed by atoms with van der Waals surface area (Å²) in [5, 5.41) is 12.1. The minimum absolute atomic E-state index is 0.0279. The lowest BCUT2D eigenvalue weighted by atomic mass is 9.80. The third-order valence-corrected chi connectivity index (χ3v) is 19.5. The molecule has 4 aromatic carbocycles. The number of rotatable bonds is 21. The summed E-state index contributed by atoms with van der Waals surface area (Å²) in [6, 6.07) is 38.0. The summed E-state index contributed by atoms with van der Waals surface area (Å²) in [6.07, 6.45) is -1.27. The van der Waals surface area contributed by atoms with Crippen molar-refractivity contribution in [1.82, 2.24) is 14.2 Å². The van der Waals surface area contributed by atoms with Crippen LogP contribution in [0.25, 0.3) is 0 Å². The third kappa shape index (κ3) is 11.8. The Morgan fingerprint density at radius 3 is 1.90 bits per heavy atom. The molecule has 1 amide bonds. The molecule has 0 saturated carbocycles.